The van der Waals surface area contributed by atoms with Crippen LogP contribution in [-0.4, -0.2) is 26.2 Å². The lowest BCUT2D eigenvalue weighted by Crippen LogP contribution is -2.08. The number of rotatable bonds is 5. The number of benzene rings is 1. The summed E-state index contributed by atoms with van der Waals surface area (Å²) >= 11 is 0. The number of aromatic nitrogens is 3. The van der Waals surface area contributed by atoms with E-state index in [-0.39, 0.29) is 11.4 Å². The molecule has 0 radical (unpaired) electrons. The zero-order valence-corrected chi connectivity index (χ0v) is 11.4. The van der Waals surface area contributed by atoms with Gasteiger partial charge < -0.3 is 5.32 Å². The summed E-state index contributed by atoms with van der Waals surface area (Å²) in [6.45, 7) is 4.60. The molecule has 21 heavy (non-hydrogen) atoms. The molecule has 0 aliphatic heterocycles. The summed E-state index contributed by atoms with van der Waals surface area (Å²) < 4.78 is 29.2. The van der Waals surface area contributed by atoms with Crippen molar-refractivity contribution in [1.29, 1.82) is 0 Å². The van der Waals surface area contributed by atoms with E-state index in [9.17, 15) is 18.9 Å². The van der Waals surface area contributed by atoms with Gasteiger partial charge in [0.25, 0.3) is 0 Å². The van der Waals surface area contributed by atoms with Crippen LogP contribution in [0.3, 0.4) is 0 Å². The largest absolute Gasteiger partial charge is 0.355 e. The minimum atomic E-state index is -1.13. The minimum Gasteiger partial charge on any atom is -0.355 e. The Hall–Kier alpha value is -2.58. The fourth-order valence-electron chi connectivity index (χ4n) is 1.96. The molecule has 0 aliphatic rings. The van der Waals surface area contributed by atoms with E-state index >= 15 is 0 Å². The molecule has 0 atom stereocenters. The third-order valence-corrected chi connectivity index (χ3v) is 2.86. The number of halogens is 2. The van der Waals surface area contributed by atoms with Crippen molar-refractivity contribution < 1.29 is 13.7 Å². The van der Waals surface area contributed by atoms with Gasteiger partial charge in [-0.15, -0.1) is 10.2 Å². The zero-order valence-electron chi connectivity index (χ0n) is 11.4. The molecule has 1 aromatic heterocycles. The molecule has 0 saturated heterocycles. The van der Waals surface area contributed by atoms with Gasteiger partial charge in [0.1, 0.15) is 5.82 Å². The standard InChI is InChI=1S/C12H13F2N5O2/c1-3-15-12-17-16-11(18(12)4-2)8-5-7(13)6-9(10(8)14)19(20)21/h5-6H,3-4H2,1-2H3,(H,15,17). The molecule has 1 heterocycles. The molecule has 0 unspecified atom stereocenters. The van der Waals surface area contributed by atoms with Crippen LogP contribution in [0, 0.1) is 21.7 Å². The molecule has 0 fully saturated rings. The van der Waals surface area contributed by atoms with Crippen molar-refractivity contribution in [2.75, 3.05) is 11.9 Å². The summed E-state index contributed by atoms with van der Waals surface area (Å²) in [6, 6.07) is 1.41. The van der Waals surface area contributed by atoms with Crippen LogP contribution in [0.5, 0.6) is 0 Å². The first-order chi connectivity index (χ1) is 9.99. The van der Waals surface area contributed by atoms with Gasteiger partial charge in [-0.2, -0.15) is 4.39 Å². The predicted molar refractivity (Wildman–Crippen MR) is 71.9 cm³/mol. The summed E-state index contributed by atoms with van der Waals surface area (Å²) in [4.78, 5) is 9.79. The summed E-state index contributed by atoms with van der Waals surface area (Å²) in [5.74, 6) is -1.62. The molecule has 7 nitrogen and oxygen atoms in total. The van der Waals surface area contributed by atoms with Crippen LogP contribution in [0.25, 0.3) is 11.4 Å². The Labute approximate surface area is 118 Å². The lowest BCUT2D eigenvalue weighted by atomic mass is 10.1. The van der Waals surface area contributed by atoms with Crippen molar-refractivity contribution in [1.82, 2.24) is 14.8 Å². The van der Waals surface area contributed by atoms with Gasteiger partial charge in [-0.25, -0.2) is 4.39 Å². The quantitative estimate of drug-likeness (QED) is 0.677. The number of nitrogens with zero attached hydrogens (tertiary/aromatic N) is 4. The van der Waals surface area contributed by atoms with Gasteiger partial charge in [-0.05, 0) is 19.9 Å². The molecule has 1 N–H and O–H groups in total. The molecule has 9 heteroatoms. The van der Waals surface area contributed by atoms with E-state index < -0.39 is 22.2 Å². The second-order valence-electron chi connectivity index (χ2n) is 4.17. The molecule has 0 spiro atoms. The van der Waals surface area contributed by atoms with Crippen molar-refractivity contribution in [3.8, 4) is 11.4 Å². The Morgan fingerprint density at radius 1 is 1.33 bits per heavy atom. The Morgan fingerprint density at radius 3 is 2.62 bits per heavy atom. The molecule has 2 rings (SSSR count). The Balaban J connectivity index is 2.64. The van der Waals surface area contributed by atoms with Crippen molar-refractivity contribution in [2.45, 2.75) is 20.4 Å². The van der Waals surface area contributed by atoms with Crippen molar-refractivity contribution >= 4 is 11.6 Å². The number of hydrogen-bond acceptors (Lipinski definition) is 5. The van der Waals surface area contributed by atoms with E-state index in [0.717, 1.165) is 6.07 Å². The lowest BCUT2D eigenvalue weighted by molar-refractivity contribution is -0.387. The molecule has 1 aromatic carbocycles. The van der Waals surface area contributed by atoms with Crippen LogP contribution in [0.2, 0.25) is 0 Å². The van der Waals surface area contributed by atoms with Crippen LogP contribution in [0.15, 0.2) is 12.1 Å². The average molecular weight is 297 g/mol. The lowest BCUT2D eigenvalue weighted by Gasteiger charge is -2.08. The van der Waals surface area contributed by atoms with Gasteiger partial charge in [0, 0.05) is 13.1 Å². The first kappa shape index (κ1) is 14.8. The summed E-state index contributed by atoms with van der Waals surface area (Å²) in [5, 5.41) is 21.3. The van der Waals surface area contributed by atoms with Crippen LogP contribution < -0.4 is 5.32 Å². The predicted octanol–water partition coefficient (Wildman–Crippen LogP) is 2.58. The fraction of sp³-hybridized carbons (Fsp3) is 0.333. The maximum Gasteiger partial charge on any atom is 0.308 e. The molecular formula is C12H13F2N5O2. The second kappa shape index (κ2) is 5.81. The zero-order chi connectivity index (χ0) is 15.6. The number of anilines is 1. The maximum atomic E-state index is 14.2. The molecule has 2 aromatic rings. The highest BCUT2D eigenvalue weighted by molar-refractivity contribution is 5.62. The summed E-state index contributed by atoms with van der Waals surface area (Å²) in [7, 11) is 0. The molecule has 112 valence electrons. The van der Waals surface area contributed by atoms with Gasteiger partial charge in [0.05, 0.1) is 16.6 Å². The molecular weight excluding hydrogens is 284 g/mol. The third-order valence-electron chi connectivity index (χ3n) is 2.86. The maximum absolute atomic E-state index is 14.2. The fourth-order valence-corrected chi connectivity index (χ4v) is 1.96. The van der Waals surface area contributed by atoms with Gasteiger partial charge in [-0.3, -0.25) is 14.7 Å². The van der Waals surface area contributed by atoms with Crippen molar-refractivity contribution in [3.63, 3.8) is 0 Å². The average Bonchev–Trinajstić information content (AvgIpc) is 2.83. The normalized spacial score (nSPS) is 10.7. The Bertz CT molecular complexity index is 687. The smallest absolute Gasteiger partial charge is 0.308 e. The topological polar surface area (TPSA) is 85.9 Å². The number of hydrogen-bond donors (Lipinski definition) is 1. The number of nitro benzene ring substituents is 1. The molecule has 0 aliphatic carbocycles. The van der Waals surface area contributed by atoms with E-state index in [1.165, 1.54) is 4.57 Å². The SMILES string of the molecule is CCNc1nnc(-c2cc(F)cc([N+](=O)[O-])c2F)n1CC. The van der Waals surface area contributed by atoms with E-state index in [2.05, 4.69) is 15.5 Å². The highest BCUT2D eigenvalue weighted by atomic mass is 19.1. The molecule has 0 bridgehead atoms. The van der Waals surface area contributed by atoms with Crippen LogP contribution >= 0.6 is 0 Å². The van der Waals surface area contributed by atoms with Gasteiger partial charge >= 0.3 is 5.69 Å². The highest BCUT2D eigenvalue weighted by Gasteiger charge is 2.24. The van der Waals surface area contributed by atoms with Crippen molar-refractivity contribution in [2.24, 2.45) is 0 Å². The monoisotopic (exact) mass is 297 g/mol. The van der Waals surface area contributed by atoms with Crippen LogP contribution in [0.1, 0.15) is 13.8 Å². The van der Waals surface area contributed by atoms with Crippen molar-refractivity contribution in [3.05, 3.63) is 33.9 Å². The highest BCUT2D eigenvalue weighted by Crippen LogP contribution is 2.30. The van der Waals surface area contributed by atoms with Gasteiger partial charge in [0.2, 0.25) is 11.8 Å². The number of nitro groups is 1. The van der Waals surface area contributed by atoms with Gasteiger partial charge in [-0.1, -0.05) is 0 Å². The molecule has 0 saturated carbocycles. The van der Waals surface area contributed by atoms with E-state index in [0.29, 0.717) is 25.1 Å². The first-order valence-corrected chi connectivity index (χ1v) is 6.30. The van der Waals surface area contributed by atoms with E-state index in [1.54, 1.807) is 6.92 Å². The number of nitrogens with one attached hydrogen (secondary N) is 1. The second-order valence-corrected chi connectivity index (χ2v) is 4.17. The summed E-state index contributed by atoms with van der Waals surface area (Å²) in [5.41, 5.74) is -1.22. The Morgan fingerprint density at radius 2 is 2.05 bits per heavy atom. The molecule has 0 amide bonds. The van der Waals surface area contributed by atoms with Crippen LogP contribution in [0.4, 0.5) is 20.4 Å². The Kier molecular flexibility index (Phi) is 4.10. The first-order valence-electron chi connectivity index (χ1n) is 6.30. The third kappa shape index (κ3) is 2.67. The van der Waals surface area contributed by atoms with E-state index in [1.807, 2.05) is 6.92 Å². The van der Waals surface area contributed by atoms with E-state index in [4.69, 9.17) is 0 Å². The summed E-state index contributed by atoms with van der Waals surface area (Å²) in [6.07, 6.45) is 0. The van der Waals surface area contributed by atoms with Gasteiger partial charge in [0.15, 0.2) is 5.82 Å². The van der Waals surface area contributed by atoms with Crippen LogP contribution in [-0.2, 0) is 6.54 Å². The minimum absolute atomic E-state index is 0.0357.